The van der Waals surface area contributed by atoms with Crippen molar-refractivity contribution < 1.29 is 22.7 Å². The van der Waals surface area contributed by atoms with Gasteiger partial charge in [0.15, 0.2) is 5.75 Å². The number of carbonyl (C=O) groups is 1. The Balaban J connectivity index is 2.85. The van der Waals surface area contributed by atoms with Gasteiger partial charge in [0.1, 0.15) is 0 Å². The molecule has 0 aliphatic heterocycles. The molecule has 0 heterocycles. The molecule has 112 valence electrons. The Labute approximate surface area is 115 Å². The quantitative estimate of drug-likeness (QED) is 0.876. The van der Waals surface area contributed by atoms with Crippen LogP contribution < -0.4 is 15.8 Å². The smallest absolute Gasteiger partial charge is 0.404 e. The van der Waals surface area contributed by atoms with E-state index >= 15 is 0 Å². The molecule has 1 aromatic carbocycles. The summed E-state index contributed by atoms with van der Waals surface area (Å²) in [5.41, 5.74) is 5.66. The maximum Gasteiger partial charge on any atom is 0.573 e. The number of hydrogen-bond donors (Lipinski definition) is 2. The lowest BCUT2D eigenvalue weighted by atomic mass is 9.99. The number of ether oxygens (including phenoxy) is 1. The van der Waals surface area contributed by atoms with E-state index < -0.39 is 24.1 Å². The highest BCUT2D eigenvalue weighted by Gasteiger charge is 2.32. The minimum atomic E-state index is -4.82. The average Bonchev–Trinajstić information content (AvgIpc) is 2.37. The van der Waals surface area contributed by atoms with Gasteiger partial charge in [-0.25, -0.2) is 0 Å². The standard InChI is InChI=1S/C13H17F3N2O2/c1-3-8(2)11(17)12(19)18-9-6-4-5-7-10(9)20-13(14,15)16/h4-8,11H,3,17H2,1-2H3,(H,18,19)/t8?,11-/m0/s1. The van der Waals surface area contributed by atoms with Crippen LogP contribution in [0.15, 0.2) is 24.3 Å². The van der Waals surface area contributed by atoms with E-state index in [-0.39, 0.29) is 11.6 Å². The summed E-state index contributed by atoms with van der Waals surface area (Å²) in [5.74, 6) is -1.09. The molecule has 1 aromatic rings. The van der Waals surface area contributed by atoms with Crippen LogP contribution in [0.1, 0.15) is 20.3 Å². The van der Waals surface area contributed by atoms with Crippen molar-refractivity contribution in [2.24, 2.45) is 11.7 Å². The molecule has 1 amide bonds. The van der Waals surface area contributed by atoms with Crippen LogP contribution >= 0.6 is 0 Å². The van der Waals surface area contributed by atoms with Crippen molar-refractivity contribution >= 4 is 11.6 Å². The maximum atomic E-state index is 12.2. The van der Waals surface area contributed by atoms with Crippen LogP contribution in [0, 0.1) is 5.92 Å². The first-order chi connectivity index (χ1) is 9.24. The first-order valence-electron chi connectivity index (χ1n) is 6.15. The Morgan fingerprint density at radius 1 is 1.40 bits per heavy atom. The highest BCUT2D eigenvalue weighted by molar-refractivity contribution is 5.96. The maximum absolute atomic E-state index is 12.2. The number of nitrogens with one attached hydrogen (secondary N) is 1. The Kier molecular flexibility index (Phi) is 5.38. The second kappa shape index (κ2) is 6.60. The second-order valence-corrected chi connectivity index (χ2v) is 4.44. The van der Waals surface area contributed by atoms with Crippen LogP contribution in [0.4, 0.5) is 18.9 Å². The van der Waals surface area contributed by atoms with Crippen molar-refractivity contribution in [3.05, 3.63) is 24.3 Å². The molecule has 0 spiro atoms. The first kappa shape index (κ1) is 16.3. The lowest BCUT2D eigenvalue weighted by Gasteiger charge is -2.19. The zero-order valence-electron chi connectivity index (χ0n) is 11.2. The number of nitrogens with two attached hydrogens (primary N) is 1. The van der Waals surface area contributed by atoms with Gasteiger partial charge in [-0.1, -0.05) is 32.4 Å². The van der Waals surface area contributed by atoms with Crippen LogP contribution in [0.25, 0.3) is 0 Å². The third-order valence-electron chi connectivity index (χ3n) is 2.93. The number of halogens is 3. The monoisotopic (exact) mass is 290 g/mol. The highest BCUT2D eigenvalue weighted by atomic mass is 19.4. The number of anilines is 1. The van der Waals surface area contributed by atoms with Crippen LogP contribution in [0.3, 0.4) is 0 Å². The van der Waals surface area contributed by atoms with Crippen molar-refractivity contribution in [1.29, 1.82) is 0 Å². The number of benzene rings is 1. The first-order valence-corrected chi connectivity index (χ1v) is 6.15. The minimum absolute atomic E-state index is 0.0615. The Morgan fingerprint density at radius 3 is 2.55 bits per heavy atom. The molecule has 0 saturated heterocycles. The predicted molar refractivity (Wildman–Crippen MR) is 69.2 cm³/mol. The molecule has 0 fully saturated rings. The molecule has 20 heavy (non-hydrogen) atoms. The predicted octanol–water partition coefficient (Wildman–Crippen LogP) is 2.90. The van der Waals surface area contributed by atoms with E-state index in [0.717, 1.165) is 6.07 Å². The molecule has 0 aromatic heterocycles. The molecule has 7 heteroatoms. The van der Waals surface area contributed by atoms with Gasteiger partial charge in [0, 0.05) is 0 Å². The largest absolute Gasteiger partial charge is 0.573 e. The molecular formula is C13H17F3N2O2. The number of carbonyl (C=O) groups excluding carboxylic acids is 1. The SMILES string of the molecule is CCC(C)[C@H](N)C(=O)Nc1ccccc1OC(F)(F)F. The summed E-state index contributed by atoms with van der Waals surface area (Å²) < 4.78 is 40.6. The van der Waals surface area contributed by atoms with Gasteiger partial charge in [-0.3, -0.25) is 4.79 Å². The molecule has 0 aliphatic rings. The molecular weight excluding hydrogens is 273 g/mol. The molecule has 0 aliphatic carbocycles. The third kappa shape index (κ3) is 4.73. The number of hydrogen-bond acceptors (Lipinski definition) is 3. The summed E-state index contributed by atoms with van der Waals surface area (Å²) in [6.07, 6.45) is -4.13. The van der Waals surface area contributed by atoms with E-state index in [1.54, 1.807) is 6.92 Å². The van der Waals surface area contributed by atoms with Crippen LogP contribution in [0.5, 0.6) is 5.75 Å². The normalized spacial score (nSPS) is 14.5. The fraction of sp³-hybridized carbons (Fsp3) is 0.462. The molecule has 4 nitrogen and oxygen atoms in total. The number of alkyl halides is 3. The Hall–Kier alpha value is -1.76. The van der Waals surface area contributed by atoms with Crippen molar-refractivity contribution in [3.63, 3.8) is 0 Å². The van der Waals surface area contributed by atoms with E-state index in [1.807, 2.05) is 6.92 Å². The van der Waals surface area contributed by atoms with Gasteiger partial charge in [-0.15, -0.1) is 13.2 Å². The van der Waals surface area contributed by atoms with Crippen molar-refractivity contribution in [1.82, 2.24) is 0 Å². The summed E-state index contributed by atoms with van der Waals surface area (Å²) in [6.45, 7) is 3.67. The van der Waals surface area contributed by atoms with Gasteiger partial charge in [0.25, 0.3) is 0 Å². The second-order valence-electron chi connectivity index (χ2n) is 4.44. The van der Waals surface area contributed by atoms with Crippen molar-refractivity contribution in [3.8, 4) is 5.75 Å². The zero-order chi connectivity index (χ0) is 15.3. The van der Waals surface area contributed by atoms with Gasteiger partial charge >= 0.3 is 6.36 Å². The van der Waals surface area contributed by atoms with Crippen LogP contribution in [-0.2, 0) is 4.79 Å². The third-order valence-corrected chi connectivity index (χ3v) is 2.93. The molecule has 2 atom stereocenters. The number of amides is 1. The van der Waals surface area contributed by atoms with Crippen molar-refractivity contribution in [2.45, 2.75) is 32.7 Å². The van der Waals surface area contributed by atoms with E-state index in [4.69, 9.17) is 5.73 Å². The summed E-state index contributed by atoms with van der Waals surface area (Å²) >= 11 is 0. The summed E-state index contributed by atoms with van der Waals surface area (Å²) in [5, 5.41) is 2.36. The fourth-order valence-electron chi connectivity index (χ4n) is 1.51. The fourth-order valence-corrected chi connectivity index (χ4v) is 1.51. The Morgan fingerprint density at radius 2 is 2.00 bits per heavy atom. The van der Waals surface area contributed by atoms with Gasteiger partial charge in [0.2, 0.25) is 5.91 Å². The molecule has 1 unspecified atom stereocenters. The highest BCUT2D eigenvalue weighted by Crippen LogP contribution is 2.30. The molecule has 0 radical (unpaired) electrons. The van der Waals surface area contributed by atoms with E-state index in [0.29, 0.717) is 6.42 Å². The number of para-hydroxylation sites is 2. The van der Waals surface area contributed by atoms with Crippen LogP contribution in [0.2, 0.25) is 0 Å². The topological polar surface area (TPSA) is 64.4 Å². The average molecular weight is 290 g/mol. The zero-order valence-corrected chi connectivity index (χ0v) is 11.2. The molecule has 3 N–H and O–H groups in total. The lowest BCUT2D eigenvalue weighted by Crippen LogP contribution is -2.40. The molecule has 0 saturated carbocycles. The molecule has 1 rings (SSSR count). The van der Waals surface area contributed by atoms with E-state index in [1.165, 1.54) is 18.2 Å². The van der Waals surface area contributed by atoms with Crippen LogP contribution in [-0.4, -0.2) is 18.3 Å². The summed E-state index contributed by atoms with van der Waals surface area (Å²) in [7, 11) is 0. The van der Waals surface area contributed by atoms with Gasteiger partial charge in [-0.05, 0) is 18.1 Å². The molecule has 0 bridgehead atoms. The summed E-state index contributed by atoms with van der Waals surface area (Å²) in [6, 6.07) is 4.53. The lowest BCUT2D eigenvalue weighted by molar-refractivity contribution is -0.274. The van der Waals surface area contributed by atoms with Gasteiger partial charge in [0.05, 0.1) is 11.7 Å². The van der Waals surface area contributed by atoms with E-state index in [9.17, 15) is 18.0 Å². The summed E-state index contributed by atoms with van der Waals surface area (Å²) in [4.78, 5) is 11.9. The Bertz CT molecular complexity index is 463. The van der Waals surface area contributed by atoms with Gasteiger partial charge in [-0.2, -0.15) is 0 Å². The minimum Gasteiger partial charge on any atom is -0.404 e. The van der Waals surface area contributed by atoms with Crippen molar-refractivity contribution in [2.75, 3.05) is 5.32 Å². The van der Waals surface area contributed by atoms with Gasteiger partial charge < -0.3 is 15.8 Å². The van der Waals surface area contributed by atoms with E-state index in [2.05, 4.69) is 10.1 Å². The number of rotatable bonds is 5.